The molecule has 138 valence electrons. The van der Waals surface area contributed by atoms with Gasteiger partial charge < -0.3 is 15.5 Å². The smallest absolute Gasteiger partial charge is 0.282 e. The monoisotopic (exact) mass is 358 g/mol. The van der Waals surface area contributed by atoms with E-state index in [-0.39, 0.29) is 24.0 Å². The number of likely N-dealkylation sites (N-methyl/N-ethyl adjacent to an activating group) is 1. The Morgan fingerprint density at radius 3 is 2.46 bits per heavy atom. The highest BCUT2D eigenvalue weighted by molar-refractivity contribution is 5.95. The second-order valence-corrected chi connectivity index (χ2v) is 6.58. The van der Waals surface area contributed by atoms with Gasteiger partial charge in [-0.2, -0.15) is 0 Å². The lowest BCUT2D eigenvalue weighted by molar-refractivity contribution is -0.885. The summed E-state index contributed by atoms with van der Waals surface area (Å²) in [5.74, 6) is -1.01. The van der Waals surface area contributed by atoms with Crippen LogP contribution in [0.25, 0.3) is 0 Å². The van der Waals surface area contributed by atoms with Crippen LogP contribution in [0.5, 0.6) is 0 Å². The van der Waals surface area contributed by atoms with Crippen molar-refractivity contribution in [3.63, 3.8) is 0 Å². The highest BCUT2D eigenvalue weighted by Gasteiger charge is 2.24. The number of hydrogen-bond donors (Lipinski definition) is 3. The van der Waals surface area contributed by atoms with E-state index in [1.165, 1.54) is 12.1 Å². The summed E-state index contributed by atoms with van der Waals surface area (Å²) in [5.41, 5.74) is 2.94. The molecule has 0 aliphatic rings. The SMILES string of the molecule is Cc1ccc(C)c(NC(=O)C[NH+](C)[C@@H](C)C(=O)Nc2ccccc2F)c1. The molecule has 2 amide bonds. The van der Waals surface area contributed by atoms with Crippen LogP contribution in [-0.4, -0.2) is 31.4 Å². The van der Waals surface area contributed by atoms with E-state index in [0.717, 1.165) is 16.8 Å². The summed E-state index contributed by atoms with van der Waals surface area (Å²) in [6, 6.07) is 11.3. The quantitative estimate of drug-likeness (QED) is 0.739. The number of carbonyl (C=O) groups is 2. The maximum Gasteiger partial charge on any atom is 0.282 e. The Kier molecular flexibility index (Phi) is 6.46. The number of quaternary nitrogens is 1. The van der Waals surface area contributed by atoms with Gasteiger partial charge in [0, 0.05) is 5.69 Å². The van der Waals surface area contributed by atoms with Gasteiger partial charge in [-0.05, 0) is 50.1 Å². The van der Waals surface area contributed by atoms with E-state index in [0.29, 0.717) is 4.90 Å². The molecule has 0 aromatic heterocycles. The molecule has 0 aliphatic carbocycles. The zero-order valence-electron chi connectivity index (χ0n) is 15.5. The molecule has 0 spiro atoms. The van der Waals surface area contributed by atoms with Gasteiger partial charge in [-0.3, -0.25) is 9.59 Å². The molecule has 3 N–H and O–H groups in total. The van der Waals surface area contributed by atoms with Crippen molar-refractivity contribution in [2.24, 2.45) is 0 Å². The molecule has 0 saturated heterocycles. The Hall–Kier alpha value is -2.73. The minimum Gasteiger partial charge on any atom is -0.321 e. The summed E-state index contributed by atoms with van der Waals surface area (Å²) < 4.78 is 13.7. The lowest BCUT2D eigenvalue weighted by Gasteiger charge is -2.21. The van der Waals surface area contributed by atoms with E-state index in [9.17, 15) is 14.0 Å². The van der Waals surface area contributed by atoms with Crippen molar-refractivity contribution in [1.29, 1.82) is 0 Å². The van der Waals surface area contributed by atoms with Crippen molar-refractivity contribution in [1.82, 2.24) is 0 Å². The van der Waals surface area contributed by atoms with Gasteiger partial charge in [0.25, 0.3) is 11.8 Å². The molecule has 2 atom stereocenters. The van der Waals surface area contributed by atoms with Gasteiger partial charge in [-0.25, -0.2) is 4.39 Å². The second-order valence-electron chi connectivity index (χ2n) is 6.58. The Balaban J connectivity index is 1.94. The number of nitrogens with one attached hydrogen (secondary N) is 3. The standard InChI is InChI=1S/C20H24FN3O2/c1-13-9-10-14(2)18(11-13)22-19(25)12-24(4)15(3)20(26)23-17-8-6-5-7-16(17)21/h5-11,15H,12H2,1-4H3,(H,22,25)(H,23,26)/p+1/t15-/m0/s1. The van der Waals surface area contributed by atoms with Crippen LogP contribution < -0.4 is 15.5 Å². The number of carbonyl (C=O) groups excluding carboxylic acids is 2. The van der Waals surface area contributed by atoms with E-state index in [4.69, 9.17) is 0 Å². The summed E-state index contributed by atoms with van der Waals surface area (Å²) in [7, 11) is 1.76. The second kappa shape index (κ2) is 8.58. The molecule has 5 nitrogen and oxygen atoms in total. The van der Waals surface area contributed by atoms with Crippen LogP contribution in [-0.2, 0) is 9.59 Å². The van der Waals surface area contributed by atoms with E-state index < -0.39 is 11.9 Å². The zero-order chi connectivity index (χ0) is 19.3. The van der Waals surface area contributed by atoms with Gasteiger partial charge in [0.15, 0.2) is 12.6 Å². The number of hydrogen-bond acceptors (Lipinski definition) is 2. The van der Waals surface area contributed by atoms with Crippen molar-refractivity contribution < 1.29 is 18.9 Å². The van der Waals surface area contributed by atoms with Crippen molar-refractivity contribution >= 4 is 23.2 Å². The summed E-state index contributed by atoms with van der Waals surface area (Å²) in [5, 5.41) is 5.45. The summed E-state index contributed by atoms with van der Waals surface area (Å²) in [6.07, 6.45) is 0. The van der Waals surface area contributed by atoms with Gasteiger partial charge in [0.1, 0.15) is 5.82 Å². The molecule has 0 saturated carbocycles. The van der Waals surface area contributed by atoms with Crippen LogP contribution in [0.2, 0.25) is 0 Å². The average molecular weight is 358 g/mol. The van der Waals surface area contributed by atoms with Crippen LogP contribution in [0.4, 0.5) is 15.8 Å². The molecule has 2 aromatic carbocycles. The number of halogens is 1. The van der Waals surface area contributed by atoms with Gasteiger partial charge in [0.05, 0.1) is 12.7 Å². The number of amides is 2. The average Bonchev–Trinajstić information content (AvgIpc) is 2.59. The number of benzene rings is 2. The Labute approximate surface area is 153 Å². The van der Waals surface area contributed by atoms with Crippen molar-refractivity contribution in [3.05, 3.63) is 59.4 Å². The molecular weight excluding hydrogens is 333 g/mol. The highest BCUT2D eigenvalue weighted by Crippen LogP contribution is 2.16. The van der Waals surface area contributed by atoms with Crippen LogP contribution in [0.1, 0.15) is 18.1 Å². The fourth-order valence-corrected chi connectivity index (χ4v) is 2.50. The Morgan fingerprint density at radius 1 is 1.08 bits per heavy atom. The first-order valence-electron chi connectivity index (χ1n) is 8.52. The summed E-state index contributed by atoms with van der Waals surface area (Å²) in [4.78, 5) is 25.3. The van der Waals surface area contributed by atoms with Crippen LogP contribution in [0.3, 0.4) is 0 Å². The van der Waals surface area contributed by atoms with Crippen molar-refractivity contribution in [3.8, 4) is 0 Å². The molecule has 26 heavy (non-hydrogen) atoms. The zero-order valence-corrected chi connectivity index (χ0v) is 15.5. The number of aryl methyl sites for hydroxylation is 2. The Morgan fingerprint density at radius 2 is 1.77 bits per heavy atom. The first-order chi connectivity index (χ1) is 12.3. The minimum absolute atomic E-state index is 0.124. The van der Waals surface area contributed by atoms with E-state index in [1.807, 2.05) is 32.0 Å². The van der Waals surface area contributed by atoms with Gasteiger partial charge >= 0.3 is 0 Å². The number of anilines is 2. The largest absolute Gasteiger partial charge is 0.321 e. The lowest BCUT2D eigenvalue weighted by Crippen LogP contribution is -3.14. The third-order valence-electron chi connectivity index (χ3n) is 4.37. The third kappa shape index (κ3) is 5.13. The van der Waals surface area contributed by atoms with Crippen molar-refractivity contribution in [2.45, 2.75) is 26.8 Å². The first kappa shape index (κ1) is 19.6. The predicted molar refractivity (Wildman–Crippen MR) is 101 cm³/mol. The molecule has 1 unspecified atom stereocenters. The van der Waals surface area contributed by atoms with Gasteiger partial charge in [0.2, 0.25) is 0 Å². The fourth-order valence-electron chi connectivity index (χ4n) is 2.50. The van der Waals surface area contributed by atoms with E-state index in [1.54, 1.807) is 26.1 Å². The maximum atomic E-state index is 13.7. The molecule has 6 heteroatoms. The van der Waals surface area contributed by atoms with E-state index in [2.05, 4.69) is 10.6 Å². The van der Waals surface area contributed by atoms with E-state index >= 15 is 0 Å². The van der Waals surface area contributed by atoms with Gasteiger partial charge in [-0.1, -0.05) is 24.3 Å². The third-order valence-corrected chi connectivity index (χ3v) is 4.37. The van der Waals surface area contributed by atoms with Crippen LogP contribution in [0, 0.1) is 19.7 Å². The van der Waals surface area contributed by atoms with Gasteiger partial charge in [-0.15, -0.1) is 0 Å². The molecule has 2 rings (SSSR count). The topological polar surface area (TPSA) is 62.6 Å². The summed E-state index contributed by atoms with van der Waals surface area (Å²) >= 11 is 0. The lowest BCUT2D eigenvalue weighted by atomic mass is 10.1. The highest BCUT2D eigenvalue weighted by atomic mass is 19.1. The maximum absolute atomic E-state index is 13.7. The molecule has 0 fully saturated rings. The molecule has 0 aliphatic heterocycles. The molecular formula is C20H25FN3O2+. The molecule has 2 aromatic rings. The number of para-hydroxylation sites is 1. The summed E-state index contributed by atoms with van der Waals surface area (Å²) in [6.45, 7) is 5.72. The molecule has 0 bridgehead atoms. The normalized spacial score (nSPS) is 13.0. The van der Waals surface area contributed by atoms with Crippen molar-refractivity contribution in [2.75, 3.05) is 24.2 Å². The molecule has 0 heterocycles. The molecule has 0 radical (unpaired) electrons. The van der Waals surface area contributed by atoms with Crippen LogP contribution >= 0.6 is 0 Å². The minimum atomic E-state index is -0.515. The number of rotatable bonds is 6. The predicted octanol–water partition coefficient (Wildman–Crippen LogP) is 1.92. The van der Waals surface area contributed by atoms with Crippen LogP contribution in [0.15, 0.2) is 42.5 Å². The Bertz CT molecular complexity index is 807. The first-order valence-corrected chi connectivity index (χ1v) is 8.52. The fraction of sp³-hybridized carbons (Fsp3) is 0.300.